The quantitative estimate of drug-likeness (QED) is 0.913. The first-order valence-electron chi connectivity index (χ1n) is 5.40. The van der Waals surface area contributed by atoms with Crippen molar-refractivity contribution in [1.82, 2.24) is 4.57 Å². The molecule has 0 radical (unpaired) electrons. The Hall–Kier alpha value is -1.59. The summed E-state index contributed by atoms with van der Waals surface area (Å²) in [6, 6.07) is 7.93. The minimum Gasteiger partial charge on any atom is -0.322 e. The monoisotopic (exact) mass is 340 g/mol. The number of benzene rings is 1. The molecule has 98 valence electrons. The van der Waals surface area contributed by atoms with Gasteiger partial charge in [-0.1, -0.05) is 11.6 Å². The lowest BCUT2D eigenvalue weighted by atomic mass is 10.2. The van der Waals surface area contributed by atoms with Crippen molar-refractivity contribution in [1.29, 1.82) is 0 Å². The number of anilines is 1. The van der Waals surface area contributed by atoms with Gasteiger partial charge in [0, 0.05) is 35.0 Å². The minimum atomic E-state index is -0.341. The van der Waals surface area contributed by atoms with E-state index in [1.54, 1.807) is 37.5 Å². The first-order chi connectivity index (χ1) is 8.97. The van der Waals surface area contributed by atoms with Gasteiger partial charge in [0.05, 0.1) is 5.02 Å². The summed E-state index contributed by atoms with van der Waals surface area (Å²) in [6.45, 7) is 0. The Morgan fingerprint density at radius 2 is 2.05 bits per heavy atom. The Bertz CT molecular complexity index is 697. The average molecular weight is 342 g/mol. The smallest absolute Gasteiger partial charge is 0.255 e. The number of nitrogens with zero attached hydrogens (tertiary/aromatic N) is 1. The fourth-order valence-electron chi connectivity index (χ4n) is 1.47. The van der Waals surface area contributed by atoms with Gasteiger partial charge in [0.25, 0.3) is 11.5 Å². The predicted octanol–water partition coefficient (Wildman–Crippen LogP) is 3.05. The summed E-state index contributed by atoms with van der Waals surface area (Å²) in [4.78, 5) is 23.4. The molecule has 0 bridgehead atoms. The summed E-state index contributed by atoms with van der Waals surface area (Å²) in [5.41, 5.74) is 0.682. The molecule has 4 nitrogen and oxygen atoms in total. The van der Waals surface area contributed by atoms with Crippen LogP contribution in [0.1, 0.15) is 10.4 Å². The van der Waals surface area contributed by atoms with E-state index in [1.807, 2.05) is 0 Å². The van der Waals surface area contributed by atoms with Gasteiger partial charge in [0.2, 0.25) is 0 Å². The number of carbonyl (C=O) groups excluding carboxylic acids is 1. The maximum absolute atomic E-state index is 12.0. The van der Waals surface area contributed by atoms with Crippen molar-refractivity contribution in [3.8, 4) is 0 Å². The minimum absolute atomic E-state index is 0.232. The second-order valence-electron chi connectivity index (χ2n) is 3.95. The number of amides is 1. The Kier molecular flexibility index (Phi) is 4.07. The first kappa shape index (κ1) is 13.8. The van der Waals surface area contributed by atoms with Crippen LogP contribution >= 0.6 is 27.5 Å². The summed E-state index contributed by atoms with van der Waals surface area (Å²) in [5, 5.41) is 3.26. The highest BCUT2D eigenvalue weighted by Crippen LogP contribution is 2.25. The molecular formula is C13H10BrClN2O2. The average Bonchev–Trinajstić information content (AvgIpc) is 2.37. The zero-order chi connectivity index (χ0) is 14.0. The highest BCUT2D eigenvalue weighted by molar-refractivity contribution is 9.10. The molecule has 1 N–H and O–H groups in total. The van der Waals surface area contributed by atoms with Crippen LogP contribution in [0.5, 0.6) is 0 Å². The molecule has 0 spiro atoms. The van der Waals surface area contributed by atoms with Crippen LogP contribution in [0.2, 0.25) is 5.02 Å². The molecule has 0 aliphatic carbocycles. The normalized spacial score (nSPS) is 10.3. The summed E-state index contributed by atoms with van der Waals surface area (Å²) >= 11 is 9.15. The molecule has 1 aromatic heterocycles. The highest BCUT2D eigenvalue weighted by atomic mass is 79.9. The van der Waals surface area contributed by atoms with Crippen molar-refractivity contribution in [2.45, 2.75) is 0 Å². The third kappa shape index (κ3) is 3.24. The number of nitrogens with one attached hydrogen (secondary N) is 1. The number of carbonyl (C=O) groups is 1. The molecule has 0 atom stereocenters. The van der Waals surface area contributed by atoms with E-state index >= 15 is 0 Å². The third-order valence-corrected chi connectivity index (χ3v) is 3.76. The van der Waals surface area contributed by atoms with Gasteiger partial charge >= 0.3 is 0 Å². The van der Waals surface area contributed by atoms with Crippen molar-refractivity contribution < 1.29 is 4.79 Å². The van der Waals surface area contributed by atoms with E-state index in [9.17, 15) is 9.59 Å². The first-order valence-corrected chi connectivity index (χ1v) is 6.57. The highest BCUT2D eigenvalue weighted by Gasteiger charge is 2.08. The van der Waals surface area contributed by atoms with E-state index in [2.05, 4.69) is 21.2 Å². The SMILES string of the molecule is Cn1ccc(C(=O)Nc2ccc(Cl)c(Br)c2)cc1=O. The lowest BCUT2D eigenvalue weighted by molar-refractivity contribution is 0.102. The van der Waals surface area contributed by atoms with Crippen molar-refractivity contribution in [2.75, 3.05) is 5.32 Å². The molecule has 0 aliphatic heterocycles. The van der Waals surface area contributed by atoms with Crippen molar-refractivity contribution in [2.24, 2.45) is 7.05 Å². The van der Waals surface area contributed by atoms with E-state index in [0.717, 1.165) is 0 Å². The van der Waals surface area contributed by atoms with Crippen molar-refractivity contribution in [3.63, 3.8) is 0 Å². The van der Waals surface area contributed by atoms with Gasteiger partial charge in [-0.15, -0.1) is 0 Å². The van der Waals surface area contributed by atoms with E-state index < -0.39 is 0 Å². The van der Waals surface area contributed by atoms with Crippen LogP contribution in [-0.4, -0.2) is 10.5 Å². The molecule has 0 saturated carbocycles. The zero-order valence-electron chi connectivity index (χ0n) is 9.98. The number of halogens is 2. The van der Waals surface area contributed by atoms with E-state index in [-0.39, 0.29) is 11.5 Å². The number of hydrogen-bond acceptors (Lipinski definition) is 2. The second-order valence-corrected chi connectivity index (χ2v) is 5.21. The van der Waals surface area contributed by atoms with Crippen LogP contribution in [0.15, 0.2) is 45.8 Å². The van der Waals surface area contributed by atoms with E-state index in [0.29, 0.717) is 20.7 Å². The summed E-state index contributed by atoms with van der Waals surface area (Å²) in [5.74, 6) is -0.341. The standard InChI is InChI=1S/C13H10BrClN2O2/c1-17-5-4-8(6-12(17)18)13(19)16-9-2-3-11(15)10(14)7-9/h2-7H,1H3,(H,16,19). The third-order valence-electron chi connectivity index (χ3n) is 2.54. The molecule has 0 fully saturated rings. The lowest BCUT2D eigenvalue weighted by Gasteiger charge is -2.06. The molecule has 19 heavy (non-hydrogen) atoms. The van der Waals surface area contributed by atoms with Gasteiger partial charge < -0.3 is 9.88 Å². The molecule has 1 amide bonds. The molecule has 2 rings (SSSR count). The maximum atomic E-state index is 12.0. The fraction of sp³-hybridized carbons (Fsp3) is 0.0769. The second kappa shape index (κ2) is 5.59. The maximum Gasteiger partial charge on any atom is 0.255 e. The lowest BCUT2D eigenvalue weighted by Crippen LogP contribution is -2.19. The molecule has 1 aromatic carbocycles. The van der Waals surface area contributed by atoms with Gasteiger partial charge in [-0.05, 0) is 40.2 Å². The summed E-state index contributed by atoms with van der Waals surface area (Å²) in [7, 11) is 1.63. The van der Waals surface area contributed by atoms with Gasteiger partial charge in [-0.3, -0.25) is 9.59 Å². The predicted molar refractivity (Wildman–Crippen MR) is 78.8 cm³/mol. The molecular weight excluding hydrogens is 332 g/mol. The number of aryl methyl sites for hydroxylation is 1. The molecule has 6 heteroatoms. The number of rotatable bonds is 2. The topological polar surface area (TPSA) is 51.1 Å². The summed E-state index contributed by atoms with van der Waals surface area (Å²) < 4.78 is 2.09. The van der Waals surface area contributed by atoms with Crippen LogP contribution in [0.4, 0.5) is 5.69 Å². The van der Waals surface area contributed by atoms with Crippen molar-refractivity contribution in [3.05, 3.63) is 61.9 Å². The van der Waals surface area contributed by atoms with Gasteiger partial charge in [-0.25, -0.2) is 0 Å². The molecule has 0 saturated heterocycles. The Morgan fingerprint density at radius 3 is 2.68 bits per heavy atom. The zero-order valence-corrected chi connectivity index (χ0v) is 12.3. The summed E-state index contributed by atoms with van der Waals surface area (Å²) in [6.07, 6.45) is 1.55. The molecule has 0 unspecified atom stereocenters. The number of hydrogen-bond donors (Lipinski definition) is 1. The largest absolute Gasteiger partial charge is 0.322 e. The Morgan fingerprint density at radius 1 is 1.32 bits per heavy atom. The van der Waals surface area contributed by atoms with Gasteiger partial charge in [0.15, 0.2) is 0 Å². The Labute approximate surface area is 123 Å². The van der Waals surface area contributed by atoms with Gasteiger partial charge in [0.1, 0.15) is 0 Å². The molecule has 0 aliphatic rings. The van der Waals surface area contributed by atoms with E-state index in [4.69, 9.17) is 11.6 Å². The number of pyridine rings is 1. The molecule has 1 heterocycles. The van der Waals surface area contributed by atoms with Gasteiger partial charge in [-0.2, -0.15) is 0 Å². The van der Waals surface area contributed by atoms with Crippen LogP contribution in [-0.2, 0) is 7.05 Å². The van der Waals surface area contributed by atoms with Crippen molar-refractivity contribution >= 4 is 39.1 Å². The van der Waals surface area contributed by atoms with Crippen LogP contribution in [0.3, 0.4) is 0 Å². The molecule has 2 aromatic rings. The fourth-order valence-corrected chi connectivity index (χ4v) is 1.96. The Balaban J connectivity index is 2.23. The van der Waals surface area contributed by atoms with Crippen LogP contribution in [0.25, 0.3) is 0 Å². The van der Waals surface area contributed by atoms with Crippen LogP contribution < -0.4 is 10.9 Å². The number of aromatic nitrogens is 1. The van der Waals surface area contributed by atoms with E-state index in [1.165, 1.54) is 10.6 Å². The van der Waals surface area contributed by atoms with Crippen LogP contribution in [0, 0.1) is 0 Å².